The van der Waals surface area contributed by atoms with Crippen molar-refractivity contribution in [2.45, 2.75) is 6.42 Å². The summed E-state index contributed by atoms with van der Waals surface area (Å²) in [5, 5.41) is 0. The minimum Gasteiger partial charge on any atom is -0.481 e. The minimum absolute atomic E-state index is 0.0188. The second kappa shape index (κ2) is 6.11. The van der Waals surface area contributed by atoms with Gasteiger partial charge in [-0.25, -0.2) is 4.98 Å². The van der Waals surface area contributed by atoms with Crippen molar-refractivity contribution < 1.29 is 9.53 Å². The first-order valence-corrected chi connectivity index (χ1v) is 7.20. The highest BCUT2D eigenvalue weighted by Crippen LogP contribution is 2.28. The second-order valence-electron chi connectivity index (χ2n) is 5.10. The molecule has 0 saturated carbocycles. The number of nitrogens with zero attached hydrogens (tertiary/aromatic N) is 3. The molecule has 3 rings (SSSR count). The Morgan fingerprint density at radius 3 is 2.95 bits per heavy atom. The highest BCUT2D eigenvalue weighted by molar-refractivity contribution is 5.89. The molecular formula is C16H18N4O2. The lowest BCUT2D eigenvalue weighted by atomic mass is 9.98. The van der Waals surface area contributed by atoms with Crippen LogP contribution in [0.1, 0.15) is 12.0 Å². The maximum absolute atomic E-state index is 11.6. The van der Waals surface area contributed by atoms with Gasteiger partial charge in [0.25, 0.3) is 0 Å². The number of fused-ring (bicyclic) bond motifs is 1. The summed E-state index contributed by atoms with van der Waals surface area (Å²) in [6.45, 7) is 1.31. The highest BCUT2D eigenvalue weighted by Gasteiger charge is 2.18. The molecule has 2 aromatic rings. The lowest BCUT2D eigenvalue weighted by molar-refractivity contribution is -0.129. The normalized spacial score (nSPS) is 14.8. The molecule has 114 valence electrons. The number of pyridine rings is 2. The summed E-state index contributed by atoms with van der Waals surface area (Å²) in [6, 6.07) is 5.66. The molecular weight excluding hydrogens is 280 g/mol. The van der Waals surface area contributed by atoms with Crippen molar-refractivity contribution in [3.8, 4) is 5.88 Å². The highest BCUT2D eigenvalue weighted by atomic mass is 16.5. The molecule has 0 saturated heterocycles. The largest absolute Gasteiger partial charge is 0.481 e. The van der Waals surface area contributed by atoms with Gasteiger partial charge >= 0.3 is 0 Å². The summed E-state index contributed by atoms with van der Waals surface area (Å²) in [7, 11) is 1.60. The molecule has 3 heterocycles. The third-order valence-corrected chi connectivity index (χ3v) is 3.85. The van der Waals surface area contributed by atoms with Gasteiger partial charge in [-0.3, -0.25) is 9.78 Å². The number of hydrogen-bond acceptors (Lipinski definition) is 5. The van der Waals surface area contributed by atoms with Crippen LogP contribution in [-0.2, 0) is 4.79 Å². The average molecular weight is 298 g/mol. The first-order valence-electron chi connectivity index (χ1n) is 7.20. The number of carbonyl (C=O) groups excluding carboxylic acids is 1. The minimum atomic E-state index is -0.0188. The Labute approximate surface area is 128 Å². The van der Waals surface area contributed by atoms with E-state index in [1.165, 1.54) is 5.57 Å². The van der Waals surface area contributed by atoms with E-state index in [2.05, 4.69) is 16.0 Å². The van der Waals surface area contributed by atoms with Crippen LogP contribution in [0.25, 0.3) is 16.6 Å². The molecule has 0 spiro atoms. The van der Waals surface area contributed by atoms with Crippen LogP contribution in [0.5, 0.6) is 5.88 Å². The number of hydrogen-bond donors (Lipinski definition) is 1. The Morgan fingerprint density at radius 1 is 1.41 bits per heavy atom. The van der Waals surface area contributed by atoms with Gasteiger partial charge in [0.05, 0.1) is 19.2 Å². The van der Waals surface area contributed by atoms with Gasteiger partial charge in [-0.1, -0.05) is 6.08 Å². The number of aromatic nitrogens is 2. The van der Waals surface area contributed by atoms with Crippen LogP contribution in [0.3, 0.4) is 0 Å². The van der Waals surface area contributed by atoms with Crippen LogP contribution in [0.2, 0.25) is 0 Å². The molecule has 0 fully saturated rings. The van der Waals surface area contributed by atoms with E-state index in [1.54, 1.807) is 24.3 Å². The maximum atomic E-state index is 11.6. The molecule has 0 unspecified atom stereocenters. The van der Waals surface area contributed by atoms with Crippen molar-refractivity contribution in [2.24, 2.45) is 5.73 Å². The lowest BCUT2D eigenvalue weighted by Gasteiger charge is -2.26. The van der Waals surface area contributed by atoms with Crippen molar-refractivity contribution >= 4 is 22.5 Å². The molecule has 1 amide bonds. The summed E-state index contributed by atoms with van der Waals surface area (Å²) < 4.78 is 5.20. The fraction of sp³-hybridized carbons (Fsp3) is 0.312. The molecule has 2 aromatic heterocycles. The van der Waals surface area contributed by atoms with Gasteiger partial charge in [0.15, 0.2) is 0 Å². The van der Waals surface area contributed by atoms with E-state index in [1.807, 2.05) is 12.1 Å². The first-order chi connectivity index (χ1) is 10.7. The first kappa shape index (κ1) is 14.5. The van der Waals surface area contributed by atoms with Crippen LogP contribution in [0.15, 0.2) is 30.5 Å². The van der Waals surface area contributed by atoms with E-state index in [0.29, 0.717) is 19.0 Å². The Balaban J connectivity index is 1.97. The topological polar surface area (TPSA) is 81.3 Å². The molecule has 0 bridgehead atoms. The van der Waals surface area contributed by atoms with Gasteiger partial charge in [-0.15, -0.1) is 0 Å². The summed E-state index contributed by atoms with van der Waals surface area (Å²) >= 11 is 0. The van der Waals surface area contributed by atoms with Crippen molar-refractivity contribution in [1.82, 2.24) is 14.9 Å². The summed E-state index contributed by atoms with van der Waals surface area (Å²) in [5.41, 5.74) is 9.29. The van der Waals surface area contributed by atoms with Gasteiger partial charge < -0.3 is 15.4 Å². The van der Waals surface area contributed by atoms with Crippen LogP contribution in [-0.4, -0.2) is 47.5 Å². The van der Waals surface area contributed by atoms with E-state index in [9.17, 15) is 4.79 Å². The molecule has 1 aliphatic heterocycles. The molecule has 0 aliphatic carbocycles. The average Bonchev–Trinajstić information content (AvgIpc) is 2.60. The Hall–Kier alpha value is -2.47. The Bertz CT molecular complexity index is 742. The van der Waals surface area contributed by atoms with E-state index in [0.717, 1.165) is 23.0 Å². The van der Waals surface area contributed by atoms with Gasteiger partial charge in [-0.2, -0.15) is 0 Å². The molecule has 6 nitrogen and oxygen atoms in total. The fourth-order valence-corrected chi connectivity index (χ4v) is 2.65. The van der Waals surface area contributed by atoms with Gasteiger partial charge in [0.1, 0.15) is 5.52 Å². The Morgan fingerprint density at radius 2 is 2.27 bits per heavy atom. The van der Waals surface area contributed by atoms with Crippen LogP contribution < -0.4 is 10.5 Å². The van der Waals surface area contributed by atoms with E-state index >= 15 is 0 Å². The zero-order valence-corrected chi connectivity index (χ0v) is 12.5. The summed E-state index contributed by atoms with van der Waals surface area (Å²) in [5.74, 6) is 0.549. The van der Waals surface area contributed by atoms with E-state index < -0.39 is 0 Å². The van der Waals surface area contributed by atoms with Crippen molar-refractivity contribution in [3.63, 3.8) is 0 Å². The quantitative estimate of drug-likeness (QED) is 0.921. The van der Waals surface area contributed by atoms with Gasteiger partial charge in [0, 0.05) is 30.9 Å². The number of rotatable bonds is 3. The third-order valence-electron chi connectivity index (χ3n) is 3.85. The maximum Gasteiger partial charge on any atom is 0.236 e. The number of amides is 1. The van der Waals surface area contributed by atoms with Crippen LogP contribution >= 0.6 is 0 Å². The fourth-order valence-electron chi connectivity index (χ4n) is 2.65. The number of ether oxygens (including phenoxy) is 1. The predicted molar refractivity (Wildman–Crippen MR) is 84.3 cm³/mol. The zero-order chi connectivity index (χ0) is 15.5. The van der Waals surface area contributed by atoms with Crippen molar-refractivity contribution in [1.29, 1.82) is 0 Å². The molecule has 2 N–H and O–H groups in total. The molecule has 0 radical (unpaired) electrons. The zero-order valence-electron chi connectivity index (χ0n) is 12.5. The standard InChI is InChI=1S/C16H18N4O2/c1-22-14-3-2-13-16(19-14)12(4-7-18-13)11-5-8-20(9-6-11)15(21)10-17/h2-5,7H,6,8-10,17H2,1H3. The van der Waals surface area contributed by atoms with Crippen LogP contribution in [0.4, 0.5) is 0 Å². The van der Waals surface area contributed by atoms with Crippen LogP contribution in [0, 0.1) is 0 Å². The van der Waals surface area contributed by atoms with E-state index in [4.69, 9.17) is 10.5 Å². The van der Waals surface area contributed by atoms with Crippen molar-refractivity contribution in [3.05, 3.63) is 36.0 Å². The molecule has 6 heteroatoms. The molecule has 1 aliphatic rings. The SMILES string of the molecule is COc1ccc2nccc(C3=CCN(C(=O)CN)CC3)c2n1. The van der Waals surface area contributed by atoms with Crippen molar-refractivity contribution in [2.75, 3.05) is 26.7 Å². The molecule has 0 atom stereocenters. The van der Waals surface area contributed by atoms with E-state index in [-0.39, 0.29) is 12.5 Å². The number of methoxy groups -OCH3 is 1. The summed E-state index contributed by atoms with van der Waals surface area (Å²) in [4.78, 5) is 22.3. The summed E-state index contributed by atoms with van der Waals surface area (Å²) in [6.07, 6.45) is 4.63. The smallest absolute Gasteiger partial charge is 0.236 e. The predicted octanol–water partition coefficient (Wildman–Crippen LogP) is 1.21. The van der Waals surface area contributed by atoms with Gasteiger partial charge in [0.2, 0.25) is 11.8 Å². The lowest BCUT2D eigenvalue weighted by Crippen LogP contribution is -2.38. The number of nitrogens with two attached hydrogens (primary N) is 1. The second-order valence-corrected chi connectivity index (χ2v) is 5.10. The molecule has 0 aromatic carbocycles. The number of carbonyl (C=O) groups is 1. The Kier molecular flexibility index (Phi) is 4.02. The van der Waals surface area contributed by atoms with Gasteiger partial charge in [-0.05, 0) is 24.1 Å². The molecule has 22 heavy (non-hydrogen) atoms. The third kappa shape index (κ3) is 2.65. The monoisotopic (exact) mass is 298 g/mol.